The van der Waals surface area contributed by atoms with Crippen LogP contribution in [0.15, 0.2) is 0 Å². The van der Waals surface area contributed by atoms with E-state index in [1.165, 1.54) is 0 Å². The maximum Gasteiger partial charge on any atom is 0.407 e. The molecule has 0 spiro atoms. The van der Waals surface area contributed by atoms with E-state index in [0.29, 0.717) is 13.1 Å². The Morgan fingerprint density at radius 1 is 1.54 bits per heavy atom. The Morgan fingerprint density at radius 3 is 2.46 bits per heavy atom. The molecule has 5 heteroatoms. The predicted octanol–water partition coefficient (Wildman–Crippen LogP) is 0.584. The van der Waals surface area contributed by atoms with Crippen LogP contribution in [0.4, 0.5) is 4.79 Å². The SMILES string of the molecule is CC(C)(C)OC(=O)NC1CN(O)C1. The summed E-state index contributed by atoms with van der Waals surface area (Å²) in [6.45, 7) is 6.38. The Bertz CT molecular complexity index is 194. The van der Waals surface area contributed by atoms with E-state index in [0.717, 1.165) is 5.06 Å². The average molecular weight is 188 g/mol. The third kappa shape index (κ3) is 3.61. The van der Waals surface area contributed by atoms with E-state index in [1.54, 1.807) is 0 Å². The summed E-state index contributed by atoms with van der Waals surface area (Å²) in [5.41, 5.74) is -0.466. The number of nitrogens with zero attached hydrogens (tertiary/aromatic N) is 1. The lowest BCUT2D eigenvalue weighted by atomic mass is 10.2. The molecule has 0 unspecified atom stereocenters. The van der Waals surface area contributed by atoms with Crippen LogP contribution in [0.25, 0.3) is 0 Å². The van der Waals surface area contributed by atoms with Crippen LogP contribution in [0, 0.1) is 0 Å². The summed E-state index contributed by atoms with van der Waals surface area (Å²) in [5, 5.41) is 12.6. The van der Waals surface area contributed by atoms with Gasteiger partial charge in [0.2, 0.25) is 0 Å². The molecule has 0 saturated carbocycles. The Hall–Kier alpha value is -0.810. The standard InChI is InChI=1S/C8H16N2O3/c1-8(2,3)13-7(11)9-6-4-10(12)5-6/h6,12H,4-5H2,1-3H3,(H,9,11). The summed E-state index contributed by atoms with van der Waals surface area (Å²) in [5.74, 6) is 0. The molecule has 0 aromatic heterocycles. The number of carbonyl (C=O) groups excluding carboxylic acids is 1. The summed E-state index contributed by atoms with van der Waals surface area (Å²) < 4.78 is 5.03. The molecule has 1 fully saturated rings. The van der Waals surface area contributed by atoms with Crippen molar-refractivity contribution >= 4 is 6.09 Å². The van der Waals surface area contributed by atoms with Crippen LogP contribution in [-0.4, -0.2) is 41.1 Å². The van der Waals surface area contributed by atoms with Gasteiger partial charge < -0.3 is 15.3 Å². The predicted molar refractivity (Wildman–Crippen MR) is 46.5 cm³/mol. The molecule has 0 radical (unpaired) electrons. The van der Waals surface area contributed by atoms with Gasteiger partial charge in [-0.25, -0.2) is 4.79 Å². The number of carbonyl (C=O) groups is 1. The highest BCUT2D eigenvalue weighted by Gasteiger charge is 2.28. The number of ether oxygens (including phenoxy) is 1. The van der Waals surface area contributed by atoms with E-state index in [2.05, 4.69) is 5.32 Å². The molecular formula is C8H16N2O3. The first kappa shape index (κ1) is 10.3. The van der Waals surface area contributed by atoms with E-state index in [-0.39, 0.29) is 6.04 Å². The molecule has 13 heavy (non-hydrogen) atoms. The smallest absolute Gasteiger partial charge is 0.407 e. The number of hydrogen-bond acceptors (Lipinski definition) is 4. The third-order valence-electron chi connectivity index (χ3n) is 1.58. The number of hydrogen-bond donors (Lipinski definition) is 2. The second kappa shape index (κ2) is 3.51. The van der Waals surface area contributed by atoms with Crippen LogP contribution in [0.1, 0.15) is 20.8 Å². The van der Waals surface area contributed by atoms with Crippen molar-refractivity contribution in [2.24, 2.45) is 0 Å². The average Bonchev–Trinajstić information content (AvgIpc) is 1.79. The van der Waals surface area contributed by atoms with Gasteiger partial charge in [-0.15, -0.1) is 0 Å². The topological polar surface area (TPSA) is 61.8 Å². The summed E-state index contributed by atoms with van der Waals surface area (Å²) in [7, 11) is 0. The monoisotopic (exact) mass is 188 g/mol. The van der Waals surface area contributed by atoms with Crippen molar-refractivity contribution in [1.82, 2.24) is 10.4 Å². The highest BCUT2D eigenvalue weighted by molar-refractivity contribution is 5.68. The van der Waals surface area contributed by atoms with Crippen LogP contribution in [0.5, 0.6) is 0 Å². The zero-order chi connectivity index (χ0) is 10.1. The molecule has 2 N–H and O–H groups in total. The van der Waals surface area contributed by atoms with E-state index in [9.17, 15) is 4.79 Å². The number of nitrogens with one attached hydrogen (secondary N) is 1. The minimum atomic E-state index is -0.466. The fraction of sp³-hybridized carbons (Fsp3) is 0.875. The van der Waals surface area contributed by atoms with Gasteiger partial charge in [-0.1, -0.05) is 0 Å². The Labute approximate surface area is 77.6 Å². The second-order valence-electron chi connectivity index (χ2n) is 4.21. The molecule has 0 aromatic carbocycles. The first-order valence-corrected chi connectivity index (χ1v) is 4.30. The lowest BCUT2D eigenvalue weighted by Gasteiger charge is -2.34. The zero-order valence-corrected chi connectivity index (χ0v) is 8.20. The van der Waals surface area contributed by atoms with Crippen molar-refractivity contribution in [2.45, 2.75) is 32.4 Å². The molecule has 0 atom stereocenters. The van der Waals surface area contributed by atoms with Crippen LogP contribution >= 0.6 is 0 Å². The number of hydroxylamine groups is 2. The lowest BCUT2D eigenvalue weighted by Crippen LogP contribution is -2.58. The Kier molecular flexibility index (Phi) is 2.77. The fourth-order valence-electron chi connectivity index (χ4n) is 1.02. The molecule has 0 bridgehead atoms. The van der Waals surface area contributed by atoms with Gasteiger partial charge >= 0.3 is 6.09 Å². The van der Waals surface area contributed by atoms with E-state index >= 15 is 0 Å². The quantitative estimate of drug-likeness (QED) is 0.632. The molecule has 1 aliphatic heterocycles. The van der Waals surface area contributed by atoms with Crippen molar-refractivity contribution in [3.05, 3.63) is 0 Å². The molecule has 1 amide bonds. The molecule has 1 heterocycles. The fourth-order valence-corrected chi connectivity index (χ4v) is 1.02. The van der Waals surface area contributed by atoms with Crippen molar-refractivity contribution in [3.8, 4) is 0 Å². The van der Waals surface area contributed by atoms with Gasteiger partial charge in [-0.3, -0.25) is 0 Å². The molecule has 0 aromatic rings. The van der Waals surface area contributed by atoms with Crippen LogP contribution in [-0.2, 0) is 4.74 Å². The first-order valence-electron chi connectivity index (χ1n) is 4.30. The lowest BCUT2D eigenvalue weighted by molar-refractivity contribution is -0.152. The minimum absolute atomic E-state index is 0.0137. The number of rotatable bonds is 1. The largest absolute Gasteiger partial charge is 0.444 e. The van der Waals surface area contributed by atoms with Gasteiger partial charge in [0.05, 0.1) is 6.04 Å². The summed E-state index contributed by atoms with van der Waals surface area (Å²) in [4.78, 5) is 11.1. The summed E-state index contributed by atoms with van der Waals surface area (Å²) >= 11 is 0. The molecule has 1 aliphatic rings. The van der Waals surface area contributed by atoms with Gasteiger partial charge in [0.15, 0.2) is 0 Å². The van der Waals surface area contributed by atoms with Crippen LogP contribution < -0.4 is 5.32 Å². The van der Waals surface area contributed by atoms with Crippen molar-refractivity contribution in [2.75, 3.05) is 13.1 Å². The number of amides is 1. The van der Waals surface area contributed by atoms with Crippen molar-refractivity contribution in [3.63, 3.8) is 0 Å². The second-order valence-corrected chi connectivity index (χ2v) is 4.21. The highest BCUT2D eigenvalue weighted by Crippen LogP contribution is 2.08. The Balaban J connectivity index is 2.19. The molecule has 76 valence electrons. The van der Waals surface area contributed by atoms with Gasteiger partial charge in [0.25, 0.3) is 0 Å². The zero-order valence-electron chi connectivity index (χ0n) is 8.20. The minimum Gasteiger partial charge on any atom is -0.444 e. The molecule has 0 aliphatic carbocycles. The van der Waals surface area contributed by atoms with Gasteiger partial charge in [0, 0.05) is 13.1 Å². The first-order chi connectivity index (χ1) is 5.87. The summed E-state index contributed by atoms with van der Waals surface area (Å²) in [6.07, 6.45) is -0.425. The molecule has 1 rings (SSSR count). The Morgan fingerprint density at radius 2 is 2.08 bits per heavy atom. The normalized spacial score (nSPS) is 19.4. The van der Waals surface area contributed by atoms with E-state index < -0.39 is 11.7 Å². The van der Waals surface area contributed by atoms with Gasteiger partial charge in [-0.05, 0) is 20.8 Å². The van der Waals surface area contributed by atoms with Crippen molar-refractivity contribution in [1.29, 1.82) is 0 Å². The van der Waals surface area contributed by atoms with Gasteiger partial charge in [0.1, 0.15) is 5.60 Å². The number of alkyl carbamates (subject to hydrolysis) is 1. The van der Waals surface area contributed by atoms with E-state index in [1.807, 2.05) is 20.8 Å². The van der Waals surface area contributed by atoms with Crippen LogP contribution in [0.2, 0.25) is 0 Å². The maximum absolute atomic E-state index is 11.1. The molecule has 1 saturated heterocycles. The maximum atomic E-state index is 11.1. The highest BCUT2D eigenvalue weighted by atomic mass is 16.6. The summed E-state index contributed by atoms with van der Waals surface area (Å²) in [6, 6.07) is 0.0137. The van der Waals surface area contributed by atoms with Crippen molar-refractivity contribution < 1.29 is 14.7 Å². The van der Waals surface area contributed by atoms with Gasteiger partial charge in [-0.2, -0.15) is 5.06 Å². The molecule has 5 nitrogen and oxygen atoms in total. The van der Waals surface area contributed by atoms with Crippen LogP contribution in [0.3, 0.4) is 0 Å². The third-order valence-corrected chi connectivity index (χ3v) is 1.58. The molecular weight excluding hydrogens is 172 g/mol. The van der Waals surface area contributed by atoms with E-state index in [4.69, 9.17) is 9.94 Å².